The van der Waals surface area contributed by atoms with E-state index in [0.29, 0.717) is 17.7 Å². The molecule has 1 heterocycles. The molecule has 0 bridgehead atoms. The average Bonchev–Trinajstić information content (AvgIpc) is 2.66. The zero-order valence-electron chi connectivity index (χ0n) is 15.8. The van der Waals surface area contributed by atoms with Crippen molar-refractivity contribution in [2.24, 2.45) is 0 Å². The highest BCUT2D eigenvalue weighted by atomic mass is 79.9. The second kappa shape index (κ2) is 10.6. The molecule has 0 N–H and O–H groups in total. The summed E-state index contributed by atoms with van der Waals surface area (Å²) in [6.07, 6.45) is -7.45. The van der Waals surface area contributed by atoms with Crippen molar-refractivity contribution in [3.63, 3.8) is 0 Å². The Morgan fingerprint density at radius 2 is 1.22 bits per heavy atom. The van der Waals surface area contributed by atoms with Crippen molar-refractivity contribution in [1.29, 1.82) is 0 Å². The maximum Gasteiger partial charge on any atom is 0.416 e. The van der Waals surface area contributed by atoms with Gasteiger partial charge in [0.05, 0.1) is 11.1 Å². The molecular weight excluding hydrogens is 534 g/mol. The first-order valence-corrected chi connectivity index (χ1v) is 10.2. The zero-order valence-corrected chi connectivity index (χ0v) is 18.2. The van der Waals surface area contributed by atoms with E-state index in [0.717, 1.165) is 24.3 Å². The third-order valence-corrected chi connectivity index (χ3v) is 4.78. The number of aromatic nitrogens is 1. The lowest BCUT2D eigenvalue weighted by atomic mass is 10.0. The Labute approximate surface area is 191 Å². The SMILES string of the molecule is Fc1cc(CBr)cc(C(F)(F)F)c1.Fc1cc(Cc2ccnc(Cl)c2)cc(C(F)(F)F)c1. The molecule has 1 aromatic heterocycles. The first-order chi connectivity index (χ1) is 14.8. The molecule has 0 amide bonds. The van der Waals surface area contributed by atoms with E-state index in [1.807, 2.05) is 0 Å². The Morgan fingerprint density at radius 3 is 1.69 bits per heavy atom. The van der Waals surface area contributed by atoms with E-state index in [2.05, 4.69) is 20.9 Å². The molecule has 0 aliphatic rings. The van der Waals surface area contributed by atoms with Crippen LogP contribution in [0.5, 0.6) is 0 Å². The summed E-state index contributed by atoms with van der Waals surface area (Å²) in [5.41, 5.74) is -0.787. The van der Waals surface area contributed by atoms with Gasteiger partial charge in [-0.05, 0) is 71.6 Å². The summed E-state index contributed by atoms with van der Waals surface area (Å²) >= 11 is 8.64. The fourth-order valence-corrected chi connectivity index (χ4v) is 3.12. The molecule has 0 radical (unpaired) electrons. The Morgan fingerprint density at radius 1 is 0.719 bits per heavy atom. The van der Waals surface area contributed by atoms with Crippen LogP contribution >= 0.6 is 27.5 Å². The van der Waals surface area contributed by atoms with Crippen LogP contribution < -0.4 is 0 Å². The monoisotopic (exact) mass is 545 g/mol. The molecule has 3 aromatic rings. The lowest BCUT2D eigenvalue weighted by Gasteiger charge is -2.09. The van der Waals surface area contributed by atoms with Gasteiger partial charge < -0.3 is 0 Å². The smallest absolute Gasteiger partial charge is 0.245 e. The van der Waals surface area contributed by atoms with Gasteiger partial charge in [0.2, 0.25) is 0 Å². The number of rotatable bonds is 3. The maximum atomic E-state index is 13.2. The quantitative estimate of drug-likeness (QED) is 0.183. The number of benzene rings is 2. The van der Waals surface area contributed by atoms with E-state index in [4.69, 9.17) is 11.6 Å². The molecule has 1 nitrogen and oxygen atoms in total. The van der Waals surface area contributed by atoms with Crippen molar-refractivity contribution in [3.05, 3.63) is 99.3 Å². The van der Waals surface area contributed by atoms with E-state index >= 15 is 0 Å². The van der Waals surface area contributed by atoms with Crippen molar-refractivity contribution in [2.75, 3.05) is 0 Å². The van der Waals surface area contributed by atoms with Crippen LogP contribution in [0.1, 0.15) is 27.8 Å². The Hall–Kier alpha value is -2.20. The number of pyridine rings is 1. The Kier molecular flexibility index (Phi) is 8.64. The third kappa shape index (κ3) is 8.05. The summed E-state index contributed by atoms with van der Waals surface area (Å²) in [5.74, 6) is -1.78. The molecule has 172 valence electrons. The minimum absolute atomic E-state index is 0.156. The van der Waals surface area contributed by atoms with Gasteiger partial charge in [-0.25, -0.2) is 13.8 Å². The van der Waals surface area contributed by atoms with Crippen molar-refractivity contribution < 1.29 is 35.1 Å². The molecule has 0 spiro atoms. The van der Waals surface area contributed by atoms with Gasteiger partial charge in [-0.3, -0.25) is 0 Å². The topological polar surface area (TPSA) is 12.9 Å². The van der Waals surface area contributed by atoms with E-state index in [1.54, 1.807) is 6.07 Å². The van der Waals surface area contributed by atoms with E-state index in [1.165, 1.54) is 12.3 Å². The van der Waals surface area contributed by atoms with E-state index in [9.17, 15) is 35.1 Å². The fourth-order valence-electron chi connectivity index (χ4n) is 2.60. The zero-order chi connectivity index (χ0) is 24.1. The number of nitrogens with zero attached hydrogens (tertiary/aromatic N) is 1. The minimum atomic E-state index is -4.56. The number of hydrogen-bond donors (Lipinski definition) is 0. The van der Waals surface area contributed by atoms with Gasteiger partial charge in [0.1, 0.15) is 16.8 Å². The van der Waals surface area contributed by atoms with Gasteiger partial charge in [0.15, 0.2) is 0 Å². The highest BCUT2D eigenvalue weighted by Gasteiger charge is 2.32. The van der Waals surface area contributed by atoms with Crippen LogP contribution in [0.2, 0.25) is 5.15 Å². The molecule has 3 rings (SSSR count). The van der Waals surface area contributed by atoms with Crippen LogP contribution in [-0.4, -0.2) is 4.98 Å². The predicted octanol–water partition coefficient (Wildman–Crippen LogP) is 8.22. The van der Waals surface area contributed by atoms with E-state index in [-0.39, 0.29) is 28.0 Å². The minimum Gasteiger partial charge on any atom is -0.245 e. The van der Waals surface area contributed by atoms with Gasteiger partial charge in [-0.2, -0.15) is 26.3 Å². The Balaban J connectivity index is 0.000000244. The van der Waals surface area contributed by atoms with Crippen molar-refractivity contribution in [3.8, 4) is 0 Å². The average molecular weight is 547 g/mol. The van der Waals surface area contributed by atoms with Crippen LogP contribution in [-0.2, 0) is 24.1 Å². The van der Waals surface area contributed by atoms with Crippen LogP contribution in [0.4, 0.5) is 35.1 Å². The first-order valence-electron chi connectivity index (χ1n) is 8.67. The first kappa shape index (κ1) is 26.1. The largest absolute Gasteiger partial charge is 0.416 e. The van der Waals surface area contributed by atoms with Crippen molar-refractivity contribution >= 4 is 27.5 Å². The molecule has 0 fully saturated rings. The summed E-state index contributed by atoms with van der Waals surface area (Å²) in [4.78, 5) is 3.77. The molecule has 0 saturated heterocycles. The van der Waals surface area contributed by atoms with Gasteiger partial charge in [0.25, 0.3) is 0 Å². The standard InChI is InChI=1S/C13H8ClF4N.C8H5BrF4/c14-12-6-8(1-2-19-12)3-9-4-10(13(16,17)18)7-11(15)5-9;9-4-5-1-6(8(11,12)13)3-7(10)2-5/h1-2,4-7H,3H2;1-3H,4H2. The second-order valence-corrected chi connectivity index (χ2v) is 7.44. The highest BCUT2D eigenvalue weighted by molar-refractivity contribution is 9.08. The normalized spacial score (nSPS) is 11.7. The number of halogens is 10. The van der Waals surface area contributed by atoms with Crippen LogP contribution in [0, 0.1) is 11.6 Å². The van der Waals surface area contributed by atoms with E-state index < -0.39 is 35.1 Å². The molecule has 11 heteroatoms. The lowest BCUT2D eigenvalue weighted by Crippen LogP contribution is -2.06. The summed E-state index contributed by atoms with van der Waals surface area (Å²) in [6.45, 7) is 0. The second-order valence-electron chi connectivity index (χ2n) is 6.49. The molecular formula is C21H13BrClF8N. The summed E-state index contributed by atoms with van der Waals surface area (Å²) in [7, 11) is 0. The van der Waals surface area contributed by atoms with Crippen LogP contribution in [0.25, 0.3) is 0 Å². The molecule has 32 heavy (non-hydrogen) atoms. The summed E-state index contributed by atoms with van der Waals surface area (Å²) in [5, 5.41) is 0.443. The Bertz CT molecular complexity index is 1070. The highest BCUT2D eigenvalue weighted by Crippen LogP contribution is 2.32. The number of alkyl halides is 7. The van der Waals surface area contributed by atoms with Gasteiger partial charge in [0, 0.05) is 11.5 Å². The number of hydrogen-bond acceptors (Lipinski definition) is 1. The maximum absolute atomic E-state index is 13.2. The molecule has 0 saturated carbocycles. The van der Waals surface area contributed by atoms with Crippen LogP contribution in [0.3, 0.4) is 0 Å². The predicted molar refractivity (Wildman–Crippen MR) is 107 cm³/mol. The molecule has 0 aliphatic heterocycles. The van der Waals surface area contributed by atoms with Gasteiger partial charge >= 0.3 is 12.4 Å². The van der Waals surface area contributed by atoms with Crippen LogP contribution in [0.15, 0.2) is 54.7 Å². The van der Waals surface area contributed by atoms with Gasteiger partial charge in [-0.15, -0.1) is 0 Å². The molecule has 0 unspecified atom stereocenters. The molecule has 2 aromatic carbocycles. The summed E-state index contributed by atoms with van der Waals surface area (Å²) < 4.78 is 99.8. The third-order valence-electron chi connectivity index (χ3n) is 3.92. The summed E-state index contributed by atoms with van der Waals surface area (Å²) in [6, 6.07) is 8.07. The molecule has 0 atom stereocenters. The lowest BCUT2D eigenvalue weighted by molar-refractivity contribution is -0.138. The molecule has 0 aliphatic carbocycles. The van der Waals surface area contributed by atoms with Crippen molar-refractivity contribution in [1.82, 2.24) is 4.98 Å². The fraction of sp³-hybridized carbons (Fsp3) is 0.190. The van der Waals surface area contributed by atoms with Gasteiger partial charge in [-0.1, -0.05) is 27.5 Å². The van der Waals surface area contributed by atoms with Crippen molar-refractivity contribution in [2.45, 2.75) is 24.1 Å².